The van der Waals surface area contributed by atoms with Crippen LogP contribution in [0.1, 0.15) is 51.9 Å². The number of piperidine rings is 2. The lowest BCUT2D eigenvalue weighted by molar-refractivity contribution is -0.136. The van der Waals surface area contributed by atoms with Crippen LogP contribution in [0, 0.1) is 0 Å². The topological polar surface area (TPSA) is 61.4 Å². The number of nitrogens with zero attached hydrogens (tertiary/aromatic N) is 1. The van der Waals surface area contributed by atoms with Gasteiger partial charge in [-0.3, -0.25) is 9.59 Å². The molecule has 2 saturated heterocycles. The van der Waals surface area contributed by atoms with E-state index in [1.165, 1.54) is 6.42 Å². The van der Waals surface area contributed by atoms with Gasteiger partial charge in [-0.1, -0.05) is 13.3 Å². The highest BCUT2D eigenvalue weighted by Gasteiger charge is 2.29. The van der Waals surface area contributed by atoms with E-state index in [1.54, 1.807) is 0 Å². The fourth-order valence-corrected chi connectivity index (χ4v) is 3.11. The number of hydrogen-bond acceptors (Lipinski definition) is 3. The summed E-state index contributed by atoms with van der Waals surface area (Å²) in [7, 11) is 0. The van der Waals surface area contributed by atoms with Gasteiger partial charge in [0.15, 0.2) is 0 Å². The number of carbonyl (C=O) groups excluding carboxylic acids is 2. The number of hydrogen-bond donors (Lipinski definition) is 2. The van der Waals surface area contributed by atoms with Crippen molar-refractivity contribution in [3.8, 4) is 0 Å². The summed E-state index contributed by atoms with van der Waals surface area (Å²) in [5.74, 6) is 0.335. The third-order valence-electron chi connectivity index (χ3n) is 4.18. The van der Waals surface area contributed by atoms with E-state index in [1.807, 2.05) is 11.8 Å². The van der Waals surface area contributed by atoms with Crippen molar-refractivity contribution >= 4 is 11.8 Å². The van der Waals surface area contributed by atoms with Crippen LogP contribution in [0.5, 0.6) is 0 Å². The Bertz CT molecular complexity index is 340. The molecule has 2 unspecified atom stereocenters. The summed E-state index contributed by atoms with van der Waals surface area (Å²) in [6.45, 7) is 4.45. The van der Waals surface area contributed by atoms with Crippen molar-refractivity contribution in [2.45, 2.75) is 64.0 Å². The Labute approximate surface area is 121 Å². The Morgan fingerprint density at radius 3 is 2.80 bits per heavy atom. The van der Waals surface area contributed by atoms with Gasteiger partial charge in [0.2, 0.25) is 11.8 Å². The van der Waals surface area contributed by atoms with E-state index in [0.29, 0.717) is 13.0 Å². The second-order valence-corrected chi connectivity index (χ2v) is 5.94. The van der Waals surface area contributed by atoms with Crippen LogP contribution in [-0.2, 0) is 9.59 Å². The van der Waals surface area contributed by atoms with Gasteiger partial charge in [0.1, 0.15) is 0 Å². The molecular formula is C15H27N3O2. The summed E-state index contributed by atoms with van der Waals surface area (Å²) < 4.78 is 0. The Morgan fingerprint density at radius 1 is 1.25 bits per heavy atom. The van der Waals surface area contributed by atoms with E-state index in [2.05, 4.69) is 10.6 Å². The SMILES string of the molecule is CCCC(=O)NC1CCCN(C(=O)C2CCCCN2)C1. The van der Waals surface area contributed by atoms with Gasteiger partial charge in [-0.2, -0.15) is 0 Å². The summed E-state index contributed by atoms with van der Waals surface area (Å²) in [5, 5.41) is 6.37. The second kappa shape index (κ2) is 7.62. The smallest absolute Gasteiger partial charge is 0.239 e. The fraction of sp³-hybridized carbons (Fsp3) is 0.867. The van der Waals surface area contributed by atoms with Crippen LogP contribution in [0.15, 0.2) is 0 Å². The minimum Gasteiger partial charge on any atom is -0.352 e. The zero-order valence-electron chi connectivity index (χ0n) is 12.5. The lowest BCUT2D eigenvalue weighted by Gasteiger charge is -2.36. The van der Waals surface area contributed by atoms with Gasteiger partial charge in [0, 0.05) is 25.6 Å². The first kappa shape index (κ1) is 15.3. The monoisotopic (exact) mass is 281 g/mol. The van der Waals surface area contributed by atoms with Crippen LogP contribution < -0.4 is 10.6 Å². The third kappa shape index (κ3) is 4.20. The highest BCUT2D eigenvalue weighted by molar-refractivity contribution is 5.82. The molecule has 2 amide bonds. The first-order valence-electron chi connectivity index (χ1n) is 8.02. The predicted molar refractivity (Wildman–Crippen MR) is 78.3 cm³/mol. The molecule has 0 aliphatic carbocycles. The number of likely N-dealkylation sites (tertiary alicyclic amines) is 1. The van der Waals surface area contributed by atoms with Gasteiger partial charge in [0.05, 0.1) is 6.04 Å². The molecule has 0 radical (unpaired) electrons. The number of nitrogens with one attached hydrogen (secondary N) is 2. The van der Waals surface area contributed by atoms with E-state index >= 15 is 0 Å². The lowest BCUT2D eigenvalue weighted by Crippen LogP contribution is -2.55. The number of amides is 2. The molecule has 20 heavy (non-hydrogen) atoms. The molecule has 5 heteroatoms. The van der Waals surface area contributed by atoms with Crippen molar-refractivity contribution in [3.05, 3.63) is 0 Å². The fourth-order valence-electron chi connectivity index (χ4n) is 3.11. The molecule has 2 heterocycles. The molecular weight excluding hydrogens is 254 g/mol. The number of rotatable bonds is 4. The van der Waals surface area contributed by atoms with E-state index < -0.39 is 0 Å². The summed E-state index contributed by atoms with van der Waals surface area (Å²) >= 11 is 0. The number of carbonyl (C=O) groups is 2. The van der Waals surface area contributed by atoms with Crippen molar-refractivity contribution in [2.75, 3.05) is 19.6 Å². The van der Waals surface area contributed by atoms with Gasteiger partial charge >= 0.3 is 0 Å². The van der Waals surface area contributed by atoms with Crippen molar-refractivity contribution < 1.29 is 9.59 Å². The summed E-state index contributed by atoms with van der Waals surface area (Å²) in [6.07, 6.45) is 6.66. The minimum atomic E-state index is -0.00570. The Hall–Kier alpha value is -1.10. The molecule has 114 valence electrons. The van der Waals surface area contributed by atoms with E-state index in [-0.39, 0.29) is 23.9 Å². The molecule has 0 spiro atoms. The minimum absolute atomic E-state index is 0.00570. The van der Waals surface area contributed by atoms with Crippen molar-refractivity contribution in [3.63, 3.8) is 0 Å². The van der Waals surface area contributed by atoms with Crippen molar-refractivity contribution in [2.24, 2.45) is 0 Å². The van der Waals surface area contributed by atoms with Gasteiger partial charge in [-0.05, 0) is 38.6 Å². The third-order valence-corrected chi connectivity index (χ3v) is 4.18. The second-order valence-electron chi connectivity index (χ2n) is 5.94. The van der Waals surface area contributed by atoms with Crippen LogP contribution in [-0.4, -0.2) is 48.4 Å². The average Bonchev–Trinajstić information content (AvgIpc) is 2.48. The maximum Gasteiger partial charge on any atom is 0.239 e. The van der Waals surface area contributed by atoms with E-state index in [0.717, 1.165) is 45.2 Å². The largest absolute Gasteiger partial charge is 0.352 e. The molecule has 2 fully saturated rings. The maximum absolute atomic E-state index is 12.5. The Morgan fingerprint density at radius 2 is 2.10 bits per heavy atom. The maximum atomic E-state index is 12.5. The molecule has 0 aromatic carbocycles. The Kier molecular flexibility index (Phi) is 5.83. The highest BCUT2D eigenvalue weighted by Crippen LogP contribution is 2.15. The van der Waals surface area contributed by atoms with Gasteiger partial charge < -0.3 is 15.5 Å². The first-order valence-corrected chi connectivity index (χ1v) is 8.02. The molecule has 0 saturated carbocycles. The standard InChI is InChI=1S/C15H27N3O2/c1-2-6-14(19)17-12-7-5-10-18(11-12)15(20)13-8-3-4-9-16-13/h12-13,16H,2-11H2,1H3,(H,17,19). The van der Waals surface area contributed by atoms with Crippen LogP contribution in [0.3, 0.4) is 0 Å². The normalized spacial score (nSPS) is 27.1. The van der Waals surface area contributed by atoms with Gasteiger partial charge in [-0.25, -0.2) is 0 Å². The van der Waals surface area contributed by atoms with E-state index in [4.69, 9.17) is 0 Å². The van der Waals surface area contributed by atoms with Crippen molar-refractivity contribution in [1.29, 1.82) is 0 Å². The quantitative estimate of drug-likeness (QED) is 0.809. The predicted octanol–water partition coefficient (Wildman–Crippen LogP) is 1.04. The van der Waals surface area contributed by atoms with E-state index in [9.17, 15) is 9.59 Å². The molecule has 2 rings (SSSR count). The first-order chi connectivity index (χ1) is 9.70. The highest BCUT2D eigenvalue weighted by atomic mass is 16.2. The molecule has 2 N–H and O–H groups in total. The van der Waals surface area contributed by atoms with Crippen LogP contribution in [0.2, 0.25) is 0 Å². The lowest BCUT2D eigenvalue weighted by atomic mass is 10.0. The van der Waals surface area contributed by atoms with Crippen molar-refractivity contribution in [1.82, 2.24) is 15.5 Å². The zero-order chi connectivity index (χ0) is 14.4. The molecule has 5 nitrogen and oxygen atoms in total. The molecule has 0 bridgehead atoms. The van der Waals surface area contributed by atoms with Crippen LogP contribution >= 0.6 is 0 Å². The molecule has 0 aromatic rings. The average molecular weight is 281 g/mol. The van der Waals surface area contributed by atoms with Gasteiger partial charge in [-0.15, -0.1) is 0 Å². The summed E-state index contributed by atoms with van der Waals surface area (Å²) in [6, 6.07) is 0.129. The Balaban J connectivity index is 1.82. The zero-order valence-corrected chi connectivity index (χ0v) is 12.5. The molecule has 2 aliphatic heterocycles. The van der Waals surface area contributed by atoms with Crippen LogP contribution in [0.25, 0.3) is 0 Å². The molecule has 2 atom stereocenters. The molecule has 0 aromatic heterocycles. The molecule has 2 aliphatic rings. The van der Waals surface area contributed by atoms with Gasteiger partial charge in [0.25, 0.3) is 0 Å². The summed E-state index contributed by atoms with van der Waals surface area (Å²) in [4.78, 5) is 26.1. The van der Waals surface area contributed by atoms with Crippen LogP contribution in [0.4, 0.5) is 0 Å². The summed E-state index contributed by atoms with van der Waals surface area (Å²) in [5.41, 5.74) is 0.